The number of nitrogens with one attached hydrogen (secondary N) is 1. The normalized spacial score (nSPS) is 21.0. The SMILES string of the molecule is CC(C)(C)OC(=O)NC1CC(F)CN(c2ccncc2SC#N)C1. The number of rotatable bonds is 3. The van der Waals surface area contributed by atoms with Crippen molar-refractivity contribution in [3.63, 3.8) is 0 Å². The molecule has 0 aromatic carbocycles. The Morgan fingerprint density at radius 2 is 2.29 bits per heavy atom. The van der Waals surface area contributed by atoms with E-state index in [-0.39, 0.29) is 19.0 Å². The molecule has 2 rings (SSSR count). The lowest BCUT2D eigenvalue weighted by Gasteiger charge is -2.37. The van der Waals surface area contributed by atoms with Gasteiger partial charge in [-0.05, 0) is 38.6 Å². The molecule has 2 atom stereocenters. The highest BCUT2D eigenvalue weighted by Crippen LogP contribution is 2.31. The average molecular weight is 352 g/mol. The third kappa shape index (κ3) is 5.27. The molecule has 8 heteroatoms. The number of piperidine rings is 1. The van der Waals surface area contributed by atoms with E-state index in [1.165, 1.54) is 0 Å². The second-order valence-electron chi connectivity index (χ2n) is 6.62. The molecule has 0 radical (unpaired) electrons. The molecule has 1 aromatic heterocycles. The number of aromatic nitrogens is 1. The Labute approximate surface area is 145 Å². The van der Waals surface area contributed by atoms with E-state index in [2.05, 4.69) is 10.3 Å². The molecule has 1 aliphatic heterocycles. The van der Waals surface area contributed by atoms with Crippen LogP contribution in [0.3, 0.4) is 0 Å². The minimum Gasteiger partial charge on any atom is -0.444 e. The zero-order valence-electron chi connectivity index (χ0n) is 14.0. The molecule has 0 aliphatic carbocycles. The number of alkyl carbamates (subject to hydrolysis) is 1. The van der Waals surface area contributed by atoms with Crippen LogP contribution in [0.15, 0.2) is 23.4 Å². The van der Waals surface area contributed by atoms with Crippen molar-refractivity contribution in [3.05, 3.63) is 18.5 Å². The van der Waals surface area contributed by atoms with E-state index in [1.807, 2.05) is 10.3 Å². The predicted octanol–water partition coefficient (Wildman–Crippen LogP) is 3.10. The standard InChI is InChI=1S/C16H21FN4O2S/c1-16(2,3)23-15(22)20-12-6-11(17)8-21(9-12)13-4-5-19-7-14(13)24-10-18/h4-5,7,11-12H,6,8-9H2,1-3H3,(H,20,22). The van der Waals surface area contributed by atoms with Crippen LogP contribution >= 0.6 is 11.8 Å². The third-order valence-corrected chi connectivity index (χ3v) is 4.01. The smallest absolute Gasteiger partial charge is 0.407 e. The van der Waals surface area contributed by atoms with Gasteiger partial charge in [-0.25, -0.2) is 9.18 Å². The van der Waals surface area contributed by atoms with Crippen molar-refractivity contribution in [2.75, 3.05) is 18.0 Å². The van der Waals surface area contributed by atoms with Crippen LogP contribution in [0.25, 0.3) is 0 Å². The number of carbonyl (C=O) groups excluding carboxylic acids is 1. The van der Waals surface area contributed by atoms with Crippen molar-refractivity contribution >= 4 is 23.5 Å². The maximum atomic E-state index is 14.2. The molecule has 0 spiro atoms. The number of ether oxygens (including phenoxy) is 1. The van der Waals surface area contributed by atoms with Crippen molar-refractivity contribution in [3.8, 4) is 5.40 Å². The highest BCUT2D eigenvalue weighted by atomic mass is 32.2. The first-order chi connectivity index (χ1) is 11.3. The number of anilines is 1. The summed E-state index contributed by atoms with van der Waals surface area (Å²) in [6.45, 7) is 6.00. The molecule has 0 bridgehead atoms. The van der Waals surface area contributed by atoms with Crippen LogP contribution in [0, 0.1) is 10.7 Å². The molecule has 130 valence electrons. The first-order valence-electron chi connectivity index (χ1n) is 7.67. The summed E-state index contributed by atoms with van der Waals surface area (Å²) in [6, 6.07) is 1.39. The fourth-order valence-corrected chi connectivity index (χ4v) is 3.09. The van der Waals surface area contributed by atoms with Crippen LogP contribution in [0.1, 0.15) is 27.2 Å². The van der Waals surface area contributed by atoms with Crippen molar-refractivity contribution in [1.29, 1.82) is 5.26 Å². The fraction of sp³-hybridized carbons (Fsp3) is 0.562. The Balaban J connectivity index is 2.08. The van der Waals surface area contributed by atoms with E-state index >= 15 is 0 Å². The molecule has 1 N–H and O–H groups in total. The Hall–Kier alpha value is -2.01. The van der Waals surface area contributed by atoms with Crippen molar-refractivity contribution in [2.24, 2.45) is 0 Å². The summed E-state index contributed by atoms with van der Waals surface area (Å²) in [5.74, 6) is 0. The van der Waals surface area contributed by atoms with Gasteiger partial charge in [-0.1, -0.05) is 0 Å². The average Bonchev–Trinajstić information content (AvgIpc) is 2.45. The van der Waals surface area contributed by atoms with E-state index in [0.717, 1.165) is 17.4 Å². The Bertz CT molecular complexity index is 629. The Morgan fingerprint density at radius 3 is 2.96 bits per heavy atom. The van der Waals surface area contributed by atoms with Crippen LogP contribution < -0.4 is 10.2 Å². The number of amides is 1. The second-order valence-corrected chi connectivity index (χ2v) is 7.44. The lowest BCUT2D eigenvalue weighted by atomic mass is 10.0. The predicted molar refractivity (Wildman–Crippen MR) is 90.6 cm³/mol. The van der Waals surface area contributed by atoms with Gasteiger partial charge in [-0.3, -0.25) is 4.98 Å². The maximum Gasteiger partial charge on any atom is 0.407 e. The number of pyridine rings is 1. The molecule has 24 heavy (non-hydrogen) atoms. The largest absolute Gasteiger partial charge is 0.444 e. The van der Waals surface area contributed by atoms with Crippen molar-refractivity contribution in [2.45, 2.75) is 49.9 Å². The molecule has 1 amide bonds. The van der Waals surface area contributed by atoms with Crippen molar-refractivity contribution in [1.82, 2.24) is 10.3 Å². The van der Waals surface area contributed by atoms with Crippen LogP contribution in [0.4, 0.5) is 14.9 Å². The number of carbonyl (C=O) groups is 1. The number of halogens is 1. The number of thioether (sulfide) groups is 1. The van der Waals surface area contributed by atoms with Gasteiger partial charge in [0.1, 0.15) is 17.2 Å². The van der Waals surface area contributed by atoms with Gasteiger partial charge in [0.25, 0.3) is 0 Å². The molecule has 0 saturated carbocycles. The van der Waals surface area contributed by atoms with Gasteiger partial charge in [-0.2, -0.15) is 5.26 Å². The summed E-state index contributed by atoms with van der Waals surface area (Å²) in [6.07, 6.45) is 1.80. The molecular weight excluding hydrogens is 331 g/mol. The zero-order valence-corrected chi connectivity index (χ0v) is 14.8. The molecule has 1 saturated heterocycles. The molecular formula is C16H21FN4O2S. The summed E-state index contributed by atoms with van der Waals surface area (Å²) in [5.41, 5.74) is 0.143. The number of hydrogen-bond donors (Lipinski definition) is 1. The van der Waals surface area contributed by atoms with E-state index in [0.29, 0.717) is 11.4 Å². The lowest BCUT2D eigenvalue weighted by molar-refractivity contribution is 0.0491. The van der Waals surface area contributed by atoms with Gasteiger partial charge in [-0.15, -0.1) is 0 Å². The molecule has 2 heterocycles. The first kappa shape index (κ1) is 18.3. The van der Waals surface area contributed by atoms with Crippen LogP contribution in [0.5, 0.6) is 0 Å². The topological polar surface area (TPSA) is 78.2 Å². The molecule has 2 unspecified atom stereocenters. The van der Waals surface area contributed by atoms with Gasteiger partial charge in [0.05, 0.1) is 16.6 Å². The number of thiocyanates is 1. The third-order valence-electron chi connectivity index (χ3n) is 3.38. The fourth-order valence-electron chi connectivity index (χ4n) is 2.57. The zero-order chi connectivity index (χ0) is 17.7. The van der Waals surface area contributed by atoms with Gasteiger partial charge in [0.2, 0.25) is 0 Å². The summed E-state index contributed by atoms with van der Waals surface area (Å²) in [4.78, 5) is 18.4. The number of hydrogen-bond acceptors (Lipinski definition) is 6. The summed E-state index contributed by atoms with van der Waals surface area (Å²) < 4.78 is 19.4. The number of nitrogens with zero attached hydrogens (tertiary/aromatic N) is 3. The first-order valence-corrected chi connectivity index (χ1v) is 8.48. The van der Waals surface area contributed by atoms with E-state index in [4.69, 9.17) is 10.00 Å². The van der Waals surface area contributed by atoms with E-state index in [9.17, 15) is 9.18 Å². The molecule has 6 nitrogen and oxygen atoms in total. The molecule has 1 aromatic rings. The maximum absolute atomic E-state index is 14.2. The van der Waals surface area contributed by atoms with Gasteiger partial charge >= 0.3 is 6.09 Å². The molecule has 1 fully saturated rings. The van der Waals surface area contributed by atoms with Crippen LogP contribution in [-0.4, -0.2) is 42.0 Å². The summed E-state index contributed by atoms with van der Waals surface area (Å²) in [5, 5.41) is 13.6. The number of alkyl halides is 1. The van der Waals surface area contributed by atoms with E-state index in [1.54, 1.807) is 39.2 Å². The van der Waals surface area contributed by atoms with Gasteiger partial charge in [0.15, 0.2) is 0 Å². The number of nitriles is 1. The van der Waals surface area contributed by atoms with E-state index < -0.39 is 17.9 Å². The minimum atomic E-state index is -1.08. The Kier molecular flexibility index (Phi) is 5.89. The minimum absolute atomic E-state index is 0.218. The second kappa shape index (κ2) is 7.71. The van der Waals surface area contributed by atoms with Gasteiger partial charge in [0, 0.05) is 31.9 Å². The van der Waals surface area contributed by atoms with Gasteiger partial charge < -0.3 is 15.0 Å². The van der Waals surface area contributed by atoms with Crippen LogP contribution in [-0.2, 0) is 4.74 Å². The molecule has 1 aliphatic rings. The lowest BCUT2D eigenvalue weighted by Crippen LogP contribution is -2.52. The Morgan fingerprint density at radius 1 is 1.54 bits per heavy atom. The monoisotopic (exact) mass is 352 g/mol. The van der Waals surface area contributed by atoms with Crippen LogP contribution in [0.2, 0.25) is 0 Å². The highest BCUT2D eigenvalue weighted by Gasteiger charge is 2.30. The highest BCUT2D eigenvalue weighted by molar-refractivity contribution is 8.03. The van der Waals surface area contributed by atoms with Crippen molar-refractivity contribution < 1.29 is 13.9 Å². The summed E-state index contributed by atoms with van der Waals surface area (Å²) in [7, 11) is 0. The summed E-state index contributed by atoms with van der Waals surface area (Å²) >= 11 is 0.987. The quantitative estimate of drug-likeness (QED) is 0.665.